The summed E-state index contributed by atoms with van der Waals surface area (Å²) >= 11 is 0. The second kappa shape index (κ2) is 8.25. The largest absolute Gasteiger partial charge is 0.339 e. The van der Waals surface area contributed by atoms with E-state index < -0.39 is 0 Å². The number of rotatable bonds is 3. The van der Waals surface area contributed by atoms with Gasteiger partial charge in [-0.25, -0.2) is 0 Å². The number of piperazine rings is 1. The number of aryl methyl sites for hydroxylation is 2. The molecule has 3 rings (SSSR count). The predicted octanol–water partition coefficient (Wildman–Crippen LogP) is 2.86. The van der Waals surface area contributed by atoms with E-state index in [-0.39, 0.29) is 17.7 Å². The molecule has 1 aliphatic heterocycles. The first-order valence-electron chi connectivity index (χ1n) is 9.39. The van der Waals surface area contributed by atoms with Crippen molar-refractivity contribution in [2.24, 2.45) is 0 Å². The number of hydrogen-bond acceptors (Lipinski definition) is 3. The molecule has 0 aromatic heterocycles. The van der Waals surface area contributed by atoms with Gasteiger partial charge in [-0.1, -0.05) is 18.2 Å². The average Bonchev–Trinajstić information content (AvgIpc) is 2.70. The summed E-state index contributed by atoms with van der Waals surface area (Å²) in [6.45, 7) is 7.60. The molecule has 1 heterocycles. The predicted molar refractivity (Wildman–Crippen MR) is 108 cm³/mol. The minimum Gasteiger partial charge on any atom is -0.339 e. The molecule has 0 unspecified atom stereocenters. The van der Waals surface area contributed by atoms with E-state index in [9.17, 15) is 14.4 Å². The Morgan fingerprint density at radius 2 is 1.29 bits per heavy atom. The standard InChI is InChI=1S/C22H25N3O3/c1-15-5-4-6-16(2)20(15)23-21(27)18-7-9-19(10-8-18)22(28)25-13-11-24(12-14-25)17(3)26/h4-10H,11-14H2,1-3H3,(H,23,27). The molecule has 0 bridgehead atoms. The first-order valence-corrected chi connectivity index (χ1v) is 9.39. The number of benzene rings is 2. The van der Waals surface area contributed by atoms with Crippen LogP contribution in [0.1, 0.15) is 38.8 Å². The second-order valence-electron chi connectivity index (χ2n) is 7.10. The third-order valence-corrected chi connectivity index (χ3v) is 5.13. The van der Waals surface area contributed by atoms with Crippen molar-refractivity contribution in [3.05, 3.63) is 64.7 Å². The van der Waals surface area contributed by atoms with Crippen LogP contribution in [-0.2, 0) is 4.79 Å². The number of nitrogens with zero attached hydrogens (tertiary/aromatic N) is 2. The van der Waals surface area contributed by atoms with Gasteiger partial charge in [-0.15, -0.1) is 0 Å². The molecule has 0 aliphatic carbocycles. The van der Waals surface area contributed by atoms with Crippen LogP contribution in [-0.4, -0.2) is 53.7 Å². The fourth-order valence-electron chi connectivity index (χ4n) is 3.37. The molecule has 28 heavy (non-hydrogen) atoms. The van der Waals surface area contributed by atoms with E-state index >= 15 is 0 Å². The first-order chi connectivity index (χ1) is 13.4. The topological polar surface area (TPSA) is 69.7 Å². The Morgan fingerprint density at radius 1 is 0.786 bits per heavy atom. The van der Waals surface area contributed by atoms with E-state index in [0.717, 1.165) is 16.8 Å². The van der Waals surface area contributed by atoms with Crippen LogP contribution >= 0.6 is 0 Å². The number of hydrogen-bond donors (Lipinski definition) is 1. The van der Waals surface area contributed by atoms with Crippen molar-refractivity contribution in [2.75, 3.05) is 31.5 Å². The number of para-hydroxylation sites is 1. The van der Waals surface area contributed by atoms with Gasteiger partial charge in [-0.3, -0.25) is 14.4 Å². The summed E-state index contributed by atoms with van der Waals surface area (Å²) in [5, 5.41) is 2.95. The maximum Gasteiger partial charge on any atom is 0.255 e. The normalized spacial score (nSPS) is 14.0. The van der Waals surface area contributed by atoms with Gasteiger partial charge in [0.25, 0.3) is 11.8 Å². The maximum atomic E-state index is 12.7. The first kappa shape index (κ1) is 19.6. The Morgan fingerprint density at radius 3 is 1.82 bits per heavy atom. The van der Waals surface area contributed by atoms with Crippen molar-refractivity contribution in [3.8, 4) is 0 Å². The summed E-state index contributed by atoms with van der Waals surface area (Å²) in [6.07, 6.45) is 0. The highest BCUT2D eigenvalue weighted by atomic mass is 16.2. The van der Waals surface area contributed by atoms with E-state index in [0.29, 0.717) is 37.3 Å². The van der Waals surface area contributed by atoms with Crippen LogP contribution in [0.25, 0.3) is 0 Å². The van der Waals surface area contributed by atoms with Crippen molar-refractivity contribution in [2.45, 2.75) is 20.8 Å². The Kier molecular flexibility index (Phi) is 5.78. The number of carbonyl (C=O) groups excluding carboxylic acids is 3. The molecule has 146 valence electrons. The van der Waals surface area contributed by atoms with Crippen molar-refractivity contribution < 1.29 is 14.4 Å². The van der Waals surface area contributed by atoms with Gasteiger partial charge in [-0.05, 0) is 49.2 Å². The zero-order valence-electron chi connectivity index (χ0n) is 16.5. The minimum absolute atomic E-state index is 0.0337. The van der Waals surface area contributed by atoms with Crippen LogP contribution in [0.4, 0.5) is 5.69 Å². The highest BCUT2D eigenvalue weighted by Gasteiger charge is 2.23. The third-order valence-electron chi connectivity index (χ3n) is 5.13. The fraction of sp³-hybridized carbons (Fsp3) is 0.318. The van der Waals surface area contributed by atoms with Gasteiger partial charge >= 0.3 is 0 Å². The number of anilines is 1. The van der Waals surface area contributed by atoms with Crippen molar-refractivity contribution in [1.82, 2.24) is 9.80 Å². The Hall–Kier alpha value is -3.15. The zero-order chi connectivity index (χ0) is 20.3. The lowest BCUT2D eigenvalue weighted by atomic mass is 10.1. The van der Waals surface area contributed by atoms with Gasteiger partial charge in [0.15, 0.2) is 0 Å². The van der Waals surface area contributed by atoms with Crippen molar-refractivity contribution >= 4 is 23.4 Å². The molecule has 1 fully saturated rings. The van der Waals surface area contributed by atoms with Gasteiger partial charge in [0.1, 0.15) is 0 Å². The van der Waals surface area contributed by atoms with Crippen molar-refractivity contribution in [3.63, 3.8) is 0 Å². The average molecular weight is 379 g/mol. The zero-order valence-corrected chi connectivity index (χ0v) is 16.5. The molecular weight excluding hydrogens is 354 g/mol. The van der Waals surface area contributed by atoms with Gasteiger partial charge in [-0.2, -0.15) is 0 Å². The van der Waals surface area contributed by atoms with Crippen molar-refractivity contribution in [1.29, 1.82) is 0 Å². The lowest BCUT2D eigenvalue weighted by molar-refractivity contribution is -0.130. The molecule has 6 nitrogen and oxygen atoms in total. The highest BCUT2D eigenvalue weighted by molar-refractivity contribution is 6.05. The Balaban J connectivity index is 1.65. The molecule has 0 spiro atoms. The van der Waals surface area contributed by atoms with Gasteiger partial charge in [0.2, 0.25) is 5.91 Å². The minimum atomic E-state index is -0.202. The molecule has 2 aromatic carbocycles. The van der Waals surface area contributed by atoms with E-state index in [4.69, 9.17) is 0 Å². The summed E-state index contributed by atoms with van der Waals surface area (Å²) in [6, 6.07) is 12.6. The summed E-state index contributed by atoms with van der Waals surface area (Å²) in [7, 11) is 0. The summed E-state index contributed by atoms with van der Waals surface area (Å²) in [5.74, 6) is -0.247. The number of amides is 3. The van der Waals surface area contributed by atoms with Crippen LogP contribution in [0.3, 0.4) is 0 Å². The maximum absolute atomic E-state index is 12.7. The SMILES string of the molecule is CC(=O)N1CCN(C(=O)c2ccc(C(=O)Nc3c(C)cccc3C)cc2)CC1. The van der Waals surface area contributed by atoms with Crippen LogP contribution < -0.4 is 5.32 Å². The molecule has 2 aromatic rings. The second-order valence-corrected chi connectivity index (χ2v) is 7.10. The van der Waals surface area contributed by atoms with Crippen LogP contribution in [0.5, 0.6) is 0 Å². The Labute approximate surface area is 165 Å². The molecule has 0 atom stereocenters. The van der Waals surface area contributed by atoms with E-state index in [2.05, 4.69) is 5.32 Å². The molecule has 0 saturated carbocycles. The molecule has 3 amide bonds. The van der Waals surface area contributed by atoms with Crippen LogP contribution in [0, 0.1) is 13.8 Å². The fourth-order valence-corrected chi connectivity index (χ4v) is 3.37. The monoisotopic (exact) mass is 379 g/mol. The smallest absolute Gasteiger partial charge is 0.255 e. The molecule has 6 heteroatoms. The van der Waals surface area contributed by atoms with E-state index in [1.54, 1.807) is 41.0 Å². The summed E-state index contributed by atoms with van der Waals surface area (Å²) in [5.41, 5.74) is 3.87. The number of nitrogens with one attached hydrogen (secondary N) is 1. The third kappa shape index (κ3) is 4.22. The molecule has 1 saturated heterocycles. The molecule has 1 N–H and O–H groups in total. The summed E-state index contributed by atoms with van der Waals surface area (Å²) < 4.78 is 0. The highest BCUT2D eigenvalue weighted by Crippen LogP contribution is 2.20. The van der Waals surface area contributed by atoms with Gasteiger partial charge in [0.05, 0.1) is 0 Å². The lowest BCUT2D eigenvalue weighted by Gasteiger charge is -2.34. The van der Waals surface area contributed by atoms with E-state index in [1.165, 1.54) is 0 Å². The van der Waals surface area contributed by atoms with E-state index in [1.807, 2.05) is 32.0 Å². The molecule has 1 aliphatic rings. The molecule has 0 radical (unpaired) electrons. The summed E-state index contributed by atoms with van der Waals surface area (Å²) in [4.78, 5) is 40.1. The Bertz CT molecular complexity index is 877. The van der Waals surface area contributed by atoms with Gasteiger partial charge < -0.3 is 15.1 Å². The van der Waals surface area contributed by atoms with Crippen LogP contribution in [0.15, 0.2) is 42.5 Å². The van der Waals surface area contributed by atoms with Crippen LogP contribution in [0.2, 0.25) is 0 Å². The van der Waals surface area contributed by atoms with Gasteiger partial charge in [0, 0.05) is 49.9 Å². The number of carbonyl (C=O) groups is 3. The lowest BCUT2D eigenvalue weighted by Crippen LogP contribution is -2.50. The quantitative estimate of drug-likeness (QED) is 0.892. The molecular formula is C22H25N3O3.